The molecule has 7 heteroatoms. The third kappa shape index (κ3) is 10.1. The summed E-state index contributed by atoms with van der Waals surface area (Å²) in [5.74, 6) is -0.774. The van der Waals surface area contributed by atoms with Gasteiger partial charge in [0.15, 0.2) is 0 Å². The van der Waals surface area contributed by atoms with Crippen LogP contribution in [-0.4, -0.2) is 47.2 Å². The van der Waals surface area contributed by atoms with Crippen molar-refractivity contribution in [3.63, 3.8) is 0 Å². The van der Waals surface area contributed by atoms with Gasteiger partial charge in [-0.15, -0.1) is 0 Å². The molecule has 0 aromatic carbocycles. The molecule has 0 aromatic heterocycles. The van der Waals surface area contributed by atoms with Gasteiger partial charge in [-0.2, -0.15) is 0 Å². The fourth-order valence-corrected chi connectivity index (χ4v) is 1.37. The summed E-state index contributed by atoms with van der Waals surface area (Å²) in [6.07, 6.45) is -2.87. The number of esters is 1. The minimum atomic E-state index is -1.64. The van der Waals surface area contributed by atoms with E-state index in [9.17, 15) is 14.0 Å². The van der Waals surface area contributed by atoms with Crippen molar-refractivity contribution in [1.29, 1.82) is 0 Å². The normalized spacial score (nSPS) is 15.0. The molecule has 0 fully saturated rings. The summed E-state index contributed by atoms with van der Waals surface area (Å²) in [5.41, 5.74) is -1.51. The minimum Gasteiger partial charge on any atom is -0.458 e. The van der Waals surface area contributed by atoms with Gasteiger partial charge in [-0.3, -0.25) is 0 Å². The summed E-state index contributed by atoms with van der Waals surface area (Å²) in [4.78, 5) is 23.7. The maximum atomic E-state index is 13.3. The molecular weight excluding hydrogens is 281 g/mol. The molecule has 0 unspecified atom stereocenters. The molecule has 0 rings (SSSR count). The van der Waals surface area contributed by atoms with Gasteiger partial charge in [-0.1, -0.05) is 0 Å². The summed E-state index contributed by atoms with van der Waals surface area (Å²) in [6.45, 7) is 9.24. The van der Waals surface area contributed by atoms with Crippen LogP contribution < -0.4 is 5.32 Å². The zero-order valence-electron chi connectivity index (χ0n) is 13.5. The number of aliphatic hydroxyl groups excluding tert-OH is 1. The van der Waals surface area contributed by atoms with Crippen molar-refractivity contribution in [3.8, 4) is 0 Å². The van der Waals surface area contributed by atoms with Crippen molar-refractivity contribution in [3.05, 3.63) is 0 Å². The SMILES string of the molecule is CC(C)(C)OC(=O)N[C@@H](C[C@H](F)CO)C(=O)OC(C)(C)C. The molecule has 124 valence electrons. The number of hydrogen-bond acceptors (Lipinski definition) is 5. The van der Waals surface area contributed by atoms with Crippen molar-refractivity contribution in [1.82, 2.24) is 5.32 Å². The molecule has 0 radical (unpaired) electrons. The molecule has 2 N–H and O–H groups in total. The number of ether oxygens (including phenoxy) is 2. The number of alkyl halides is 1. The predicted molar refractivity (Wildman–Crippen MR) is 75.6 cm³/mol. The Hall–Kier alpha value is -1.37. The summed E-state index contributed by atoms with van der Waals surface area (Å²) in [6, 6.07) is -1.22. The number of hydrogen-bond donors (Lipinski definition) is 2. The molecule has 21 heavy (non-hydrogen) atoms. The van der Waals surface area contributed by atoms with E-state index < -0.39 is 42.1 Å². The summed E-state index contributed by atoms with van der Waals surface area (Å²) in [7, 11) is 0. The van der Waals surface area contributed by atoms with Gasteiger partial charge in [0.2, 0.25) is 0 Å². The van der Waals surface area contributed by atoms with Crippen LogP contribution in [-0.2, 0) is 14.3 Å². The fraction of sp³-hybridized carbons (Fsp3) is 0.857. The van der Waals surface area contributed by atoms with Crippen molar-refractivity contribution < 1.29 is 28.6 Å². The number of halogens is 1. The summed E-state index contributed by atoms with van der Waals surface area (Å²) in [5, 5.41) is 11.0. The molecule has 0 saturated carbocycles. The highest BCUT2D eigenvalue weighted by atomic mass is 19.1. The number of rotatable bonds is 5. The highest BCUT2D eigenvalue weighted by molar-refractivity contribution is 5.81. The molecule has 0 saturated heterocycles. The number of nitrogens with one attached hydrogen (secondary N) is 1. The highest BCUT2D eigenvalue weighted by Gasteiger charge is 2.30. The van der Waals surface area contributed by atoms with Gasteiger partial charge in [0, 0.05) is 6.42 Å². The van der Waals surface area contributed by atoms with Crippen molar-refractivity contribution >= 4 is 12.1 Å². The van der Waals surface area contributed by atoms with Gasteiger partial charge in [0.25, 0.3) is 0 Å². The lowest BCUT2D eigenvalue weighted by Gasteiger charge is -2.26. The lowest BCUT2D eigenvalue weighted by atomic mass is 10.1. The van der Waals surface area contributed by atoms with Crippen molar-refractivity contribution in [2.24, 2.45) is 0 Å². The van der Waals surface area contributed by atoms with E-state index in [1.54, 1.807) is 41.5 Å². The van der Waals surface area contributed by atoms with Gasteiger partial charge in [-0.25, -0.2) is 14.0 Å². The van der Waals surface area contributed by atoms with Crippen LogP contribution in [0.1, 0.15) is 48.0 Å². The van der Waals surface area contributed by atoms with Gasteiger partial charge in [0.1, 0.15) is 23.4 Å². The summed E-state index contributed by atoms with van der Waals surface area (Å²) >= 11 is 0. The molecule has 6 nitrogen and oxygen atoms in total. The van der Waals surface area contributed by atoms with E-state index in [4.69, 9.17) is 14.6 Å². The van der Waals surface area contributed by atoms with Crippen LogP contribution in [0.3, 0.4) is 0 Å². The molecule has 2 atom stereocenters. The maximum absolute atomic E-state index is 13.3. The van der Waals surface area contributed by atoms with E-state index in [-0.39, 0.29) is 6.42 Å². The zero-order chi connectivity index (χ0) is 16.8. The third-order valence-electron chi connectivity index (χ3n) is 2.07. The van der Waals surface area contributed by atoms with Crippen LogP contribution >= 0.6 is 0 Å². The second-order valence-corrected chi connectivity index (χ2v) is 6.75. The molecular formula is C14H26FNO5. The predicted octanol–water partition coefficient (Wildman–Crippen LogP) is 1.94. The maximum Gasteiger partial charge on any atom is 0.408 e. The second kappa shape index (κ2) is 7.59. The Bertz CT molecular complexity index is 359. The highest BCUT2D eigenvalue weighted by Crippen LogP contribution is 2.13. The monoisotopic (exact) mass is 307 g/mol. The first-order chi connectivity index (χ1) is 9.34. The van der Waals surface area contributed by atoms with Gasteiger partial charge < -0.3 is 19.9 Å². The largest absolute Gasteiger partial charge is 0.458 e. The molecule has 0 aromatic rings. The molecule has 0 bridgehead atoms. The van der Waals surface area contributed by atoms with E-state index in [1.165, 1.54) is 0 Å². The number of amides is 1. The van der Waals surface area contributed by atoms with Crippen LogP contribution in [0.15, 0.2) is 0 Å². The molecule has 0 aliphatic heterocycles. The first-order valence-corrected chi connectivity index (χ1v) is 6.81. The Kier molecular flexibility index (Phi) is 7.09. The topological polar surface area (TPSA) is 84.9 Å². The first-order valence-electron chi connectivity index (χ1n) is 6.81. The Morgan fingerprint density at radius 2 is 1.57 bits per heavy atom. The quantitative estimate of drug-likeness (QED) is 0.758. The first kappa shape index (κ1) is 19.6. The fourth-order valence-electron chi connectivity index (χ4n) is 1.37. The Morgan fingerprint density at radius 1 is 1.10 bits per heavy atom. The van der Waals surface area contributed by atoms with Crippen LogP contribution in [0.5, 0.6) is 0 Å². The lowest BCUT2D eigenvalue weighted by molar-refractivity contribution is -0.158. The molecule has 0 heterocycles. The van der Waals surface area contributed by atoms with E-state index in [0.717, 1.165) is 0 Å². The van der Waals surface area contributed by atoms with Crippen LogP contribution in [0.25, 0.3) is 0 Å². The van der Waals surface area contributed by atoms with Gasteiger partial charge >= 0.3 is 12.1 Å². The minimum absolute atomic E-state index is 0.384. The zero-order valence-corrected chi connectivity index (χ0v) is 13.5. The van der Waals surface area contributed by atoms with Gasteiger partial charge in [0.05, 0.1) is 6.61 Å². The van der Waals surface area contributed by atoms with Gasteiger partial charge in [-0.05, 0) is 41.5 Å². The van der Waals surface area contributed by atoms with Crippen LogP contribution in [0.4, 0.5) is 9.18 Å². The van der Waals surface area contributed by atoms with E-state index in [0.29, 0.717) is 0 Å². The van der Waals surface area contributed by atoms with E-state index >= 15 is 0 Å². The number of carbonyl (C=O) groups is 2. The standard InChI is InChI=1S/C14H26FNO5/c1-13(2,3)20-11(18)10(7-9(15)8-17)16-12(19)21-14(4,5)6/h9-10,17H,7-8H2,1-6H3,(H,16,19)/t9-,10-/m0/s1. The smallest absolute Gasteiger partial charge is 0.408 e. The van der Waals surface area contributed by atoms with Crippen molar-refractivity contribution in [2.75, 3.05) is 6.61 Å². The average molecular weight is 307 g/mol. The van der Waals surface area contributed by atoms with E-state index in [1.807, 2.05) is 0 Å². The molecule has 0 aliphatic rings. The Labute approximate surface area is 125 Å². The second-order valence-electron chi connectivity index (χ2n) is 6.75. The van der Waals surface area contributed by atoms with Crippen LogP contribution in [0, 0.1) is 0 Å². The molecule has 0 aliphatic carbocycles. The third-order valence-corrected chi connectivity index (χ3v) is 2.07. The number of alkyl carbamates (subject to hydrolysis) is 1. The van der Waals surface area contributed by atoms with Crippen LogP contribution in [0.2, 0.25) is 0 Å². The lowest BCUT2D eigenvalue weighted by Crippen LogP contribution is -2.47. The number of carbonyl (C=O) groups excluding carboxylic acids is 2. The Morgan fingerprint density at radius 3 is 1.95 bits per heavy atom. The summed E-state index contributed by atoms with van der Waals surface area (Å²) < 4.78 is 23.5. The number of aliphatic hydroxyl groups is 1. The average Bonchev–Trinajstić information content (AvgIpc) is 2.22. The molecule has 1 amide bonds. The Balaban J connectivity index is 4.82. The van der Waals surface area contributed by atoms with E-state index in [2.05, 4.69) is 5.32 Å². The van der Waals surface area contributed by atoms with Crippen molar-refractivity contribution in [2.45, 2.75) is 71.4 Å². The molecule has 0 spiro atoms.